The van der Waals surface area contributed by atoms with Gasteiger partial charge in [-0.3, -0.25) is 0 Å². The van der Waals surface area contributed by atoms with Crippen LogP contribution < -0.4 is 9.47 Å². The van der Waals surface area contributed by atoms with Crippen molar-refractivity contribution in [2.24, 2.45) is 0 Å². The van der Waals surface area contributed by atoms with Gasteiger partial charge in [-0.1, -0.05) is 26.8 Å². The van der Waals surface area contributed by atoms with E-state index < -0.39 is 11.8 Å². The molecule has 0 saturated carbocycles. The summed E-state index contributed by atoms with van der Waals surface area (Å²) >= 11 is 2.79. The predicted octanol–water partition coefficient (Wildman–Crippen LogP) is 7.36. The zero-order valence-electron chi connectivity index (χ0n) is 22.8. The minimum Gasteiger partial charge on any atom is -0.486 e. The Kier molecular flexibility index (Phi) is 6.54. The van der Waals surface area contributed by atoms with Crippen LogP contribution in [0.5, 0.6) is 10.9 Å². The van der Waals surface area contributed by atoms with Crippen LogP contribution in [0.4, 0.5) is 4.39 Å². The van der Waals surface area contributed by atoms with Crippen LogP contribution in [0.1, 0.15) is 47.3 Å². The van der Waals surface area contributed by atoms with E-state index in [9.17, 15) is 14.3 Å². The van der Waals surface area contributed by atoms with Crippen LogP contribution in [0.15, 0.2) is 47.0 Å². The minimum atomic E-state index is -0.959. The maximum atomic E-state index is 14.5. The van der Waals surface area contributed by atoms with Gasteiger partial charge in [0.25, 0.3) is 5.19 Å². The van der Waals surface area contributed by atoms with Gasteiger partial charge < -0.3 is 19.0 Å². The molecule has 41 heavy (non-hydrogen) atoms. The topological polar surface area (TPSA) is 112 Å². The van der Waals surface area contributed by atoms with Crippen LogP contribution >= 0.6 is 22.7 Å². The van der Waals surface area contributed by atoms with Crippen molar-refractivity contribution >= 4 is 44.6 Å². The quantitative estimate of drug-likeness (QED) is 0.205. The van der Waals surface area contributed by atoms with E-state index in [-0.39, 0.29) is 17.6 Å². The highest BCUT2D eigenvalue weighted by atomic mass is 32.1. The van der Waals surface area contributed by atoms with Gasteiger partial charge in [0.15, 0.2) is 5.76 Å². The average Bonchev–Trinajstić information content (AvgIpc) is 3.68. The Morgan fingerprint density at radius 3 is 2.66 bits per heavy atom. The molecule has 0 aliphatic rings. The van der Waals surface area contributed by atoms with E-state index in [0.717, 1.165) is 21.0 Å². The number of carboxylic acid groups (broad SMARTS) is 1. The molecule has 12 heteroatoms. The van der Waals surface area contributed by atoms with Crippen molar-refractivity contribution in [3.63, 3.8) is 0 Å². The fraction of sp³-hybridized carbons (Fsp3) is 0.241. The number of fused-ring (bicyclic) bond motifs is 2. The lowest BCUT2D eigenvalue weighted by Gasteiger charge is -2.22. The molecular weight excluding hydrogens is 567 g/mol. The molecule has 0 saturated heterocycles. The second-order valence-corrected chi connectivity index (χ2v) is 12.6. The molecule has 0 fully saturated rings. The molecule has 0 aliphatic heterocycles. The Morgan fingerprint density at radius 2 is 1.95 bits per heavy atom. The number of imidazole rings is 1. The van der Waals surface area contributed by atoms with E-state index in [4.69, 9.17) is 18.9 Å². The molecule has 4 aromatic heterocycles. The largest absolute Gasteiger partial charge is 0.486 e. The van der Waals surface area contributed by atoms with E-state index in [0.29, 0.717) is 44.0 Å². The van der Waals surface area contributed by atoms with Crippen LogP contribution in [-0.2, 0) is 12.0 Å². The molecular formula is C29H25FN4O5S2. The van der Waals surface area contributed by atoms with E-state index in [1.54, 1.807) is 36.0 Å². The molecule has 4 heterocycles. The fourth-order valence-electron chi connectivity index (χ4n) is 4.52. The summed E-state index contributed by atoms with van der Waals surface area (Å²) in [6.07, 6.45) is 1.72. The van der Waals surface area contributed by atoms with Gasteiger partial charge in [0, 0.05) is 22.6 Å². The second kappa shape index (κ2) is 9.96. The van der Waals surface area contributed by atoms with Gasteiger partial charge in [0.2, 0.25) is 4.96 Å². The number of carbonyl (C=O) groups is 1. The highest BCUT2D eigenvalue weighted by Crippen LogP contribution is 2.37. The minimum absolute atomic E-state index is 0.116. The number of aromatic carboxylic acids is 1. The highest BCUT2D eigenvalue weighted by Gasteiger charge is 2.23. The number of furan rings is 1. The normalized spacial score (nSPS) is 12.0. The lowest BCUT2D eigenvalue weighted by atomic mass is 9.83. The maximum Gasteiger partial charge on any atom is 0.335 e. The van der Waals surface area contributed by atoms with Crippen LogP contribution in [0.2, 0.25) is 0 Å². The highest BCUT2D eigenvalue weighted by molar-refractivity contribution is 7.18. The molecule has 0 radical (unpaired) electrons. The van der Waals surface area contributed by atoms with Crippen LogP contribution in [-0.4, -0.2) is 37.8 Å². The van der Waals surface area contributed by atoms with E-state index in [1.807, 2.05) is 33.8 Å². The van der Waals surface area contributed by atoms with Crippen molar-refractivity contribution in [1.82, 2.24) is 19.6 Å². The Hall–Kier alpha value is -4.29. The van der Waals surface area contributed by atoms with Gasteiger partial charge in [-0.05, 0) is 47.4 Å². The summed E-state index contributed by atoms with van der Waals surface area (Å²) < 4.78 is 33.3. The number of nitrogens with zero attached hydrogens (tertiary/aromatic N) is 4. The number of thiazole rings is 1. The number of aromatic nitrogens is 4. The van der Waals surface area contributed by atoms with Crippen molar-refractivity contribution in [1.29, 1.82) is 0 Å². The first-order valence-corrected chi connectivity index (χ1v) is 14.2. The number of carboxylic acids is 1. The van der Waals surface area contributed by atoms with Crippen molar-refractivity contribution in [2.45, 2.75) is 39.7 Å². The number of rotatable bonds is 7. The maximum absolute atomic E-state index is 14.5. The zero-order valence-corrected chi connectivity index (χ0v) is 24.4. The van der Waals surface area contributed by atoms with Crippen LogP contribution in [0.3, 0.4) is 0 Å². The fourth-order valence-corrected chi connectivity index (χ4v) is 6.13. The molecule has 2 aromatic carbocycles. The number of methoxy groups -OCH3 is 1. The van der Waals surface area contributed by atoms with Gasteiger partial charge >= 0.3 is 5.97 Å². The molecule has 0 amide bonds. The van der Waals surface area contributed by atoms with Crippen molar-refractivity contribution in [2.75, 3.05) is 7.11 Å². The standard InChI is InChI=1S/C29H25FN4O5S2/c1-14-21(31-25(40-14)15-6-7-17(26(35)36)19(8-15)29(2,3)4)13-38-22-9-16(30)10-23-18(22)11-24(39-23)20-12-34-27(32-20)41-28(33-34)37-5/h6-12H,13H2,1-5H3,(H,35,36). The number of ether oxygens (including phenoxy) is 2. The van der Waals surface area contributed by atoms with E-state index in [2.05, 4.69) is 10.1 Å². The summed E-state index contributed by atoms with van der Waals surface area (Å²) in [7, 11) is 1.55. The first kappa shape index (κ1) is 26.9. The van der Waals surface area contributed by atoms with Crippen molar-refractivity contribution in [3.05, 3.63) is 70.1 Å². The Labute approximate surface area is 241 Å². The third kappa shape index (κ3) is 5.04. The Bertz CT molecular complexity index is 1910. The third-order valence-corrected chi connectivity index (χ3v) is 8.52. The molecule has 6 rings (SSSR count). The van der Waals surface area contributed by atoms with E-state index >= 15 is 0 Å². The van der Waals surface area contributed by atoms with E-state index in [1.165, 1.54) is 34.8 Å². The smallest absolute Gasteiger partial charge is 0.335 e. The molecule has 0 aliphatic carbocycles. The van der Waals surface area contributed by atoms with Gasteiger partial charge in [0.1, 0.15) is 34.5 Å². The summed E-state index contributed by atoms with van der Waals surface area (Å²) in [5, 5.41) is 15.8. The first-order valence-electron chi connectivity index (χ1n) is 12.6. The van der Waals surface area contributed by atoms with Gasteiger partial charge in [0.05, 0.1) is 30.0 Å². The van der Waals surface area contributed by atoms with Gasteiger partial charge in [-0.15, -0.1) is 16.4 Å². The Balaban J connectivity index is 1.28. The average molecular weight is 593 g/mol. The molecule has 9 nitrogen and oxygen atoms in total. The first-order chi connectivity index (χ1) is 19.5. The second-order valence-electron chi connectivity index (χ2n) is 10.5. The molecule has 0 spiro atoms. The summed E-state index contributed by atoms with van der Waals surface area (Å²) in [6.45, 7) is 8.01. The van der Waals surface area contributed by atoms with Crippen LogP contribution in [0.25, 0.3) is 38.0 Å². The SMILES string of the molecule is COc1nn2cc(-c3cc4c(OCc5nc(-c6ccc(C(=O)O)c(C(C)(C)C)c6)sc5C)cc(F)cc4o3)nc2s1. The number of benzene rings is 2. The summed E-state index contributed by atoms with van der Waals surface area (Å²) in [4.78, 5) is 22.7. The molecule has 1 N–H and O–H groups in total. The Morgan fingerprint density at radius 1 is 1.15 bits per heavy atom. The molecule has 0 unspecified atom stereocenters. The summed E-state index contributed by atoms with van der Waals surface area (Å²) in [6, 6.07) is 9.69. The van der Waals surface area contributed by atoms with Crippen molar-refractivity contribution < 1.29 is 28.2 Å². The monoisotopic (exact) mass is 592 g/mol. The lowest BCUT2D eigenvalue weighted by Crippen LogP contribution is -2.17. The number of hydrogen-bond donors (Lipinski definition) is 1. The predicted molar refractivity (Wildman–Crippen MR) is 155 cm³/mol. The zero-order chi connectivity index (χ0) is 29.1. The molecule has 210 valence electrons. The molecule has 0 bridgehead atoms. The summed E-state index contributed by atoms with van der Waals surface area (Å²) in [5.74, 6) is -0.668. The molecule has 0 atom stereocenters. The lowest BCUT2D eigenvalue weighted by molar-refractivity contribution is 0.0694. The number of hydrogen-bond acceptors (Lipinski definition) is 9. The van der Waals surface area contributed by atoms with Crippen molar-refractivity contribution in [3.8, 4) is 33.0 Å². The number of aryl methyl sites for hydroxylation is 1. The number of halogens is 1. The van der Waals surface area contributed by atoms with Gasteiger partial charge in [-0.2, -0.15) is 0 Å². The van der Waals surface area contributed by atoms with Crippen LogP contribution in [0, 0.1) is 12.7 Å². The molecule has 6 aromatic rings. The van der Waals surface area contributed by atoms with Gasteiger partial charge in [-0.25, -0.2) is 23.7 Å². The third-order valence-electron chi connectivity index (χ3n) is 6.58. The summed E-state index contributed by atoms with van der Waals surface area (Å²) in [5.41, 5.74) is 3.08.